The number of hydrogen-bond donors (Lipinski definition) is 2. The molecule has 0 radical (unpaired) electrons. The number of carbonyl (C=O) groups is 2. The van der Waals surface area contributed by atoms with Crippen molar-refractivity contribution in [2.75, 3.05) is 5.75 Å². The number of halogens is 1. The molecule has 2 N–H and O–H groups in total. The van der Waals surface area contributed by atoms with E-state index in [2.05, 4.69) is 10.6 Å². The van der Waals surface area contributed by atoms with Crippen LogP contribution in [0.5, 0.6) is 0 Å². The first-order chi connectivity index (χ1) is 16.8. The summed E-state index contributed by atoms with van der Waals surface area (Å²) in [6.07, 6.45) is 0.812. The molecule has 0 bridgehead atoms. The number of amides is 2. The zero-order valence-corrected chi connectivity index (χ0v) is 21.0. The third-order valence-electron chi connectivity index (χ3n) is 5.42. The molecule has 1 aliphatic rings. The lowest BCUT2D eigenvalue weighted by molar-refractivity contribution is -0.118. The van der Waals surface area contributed by atoms with Crippen LogP contribution < -0.4 is 10.6 Å². The number of rotatable bonds is 7. The molecule has 1 heterocycles. The molecule has 0 aliphatic carbocycles. The maximum atomic E-state index is 13.5. The maximum Gasteiger partial charge on any atom is 0.270 e. The van der Waals surface area contributed by atoms with Gasteiger partial charge < -0.3 is 10.6 Å². The lowest BCUT2D eigenvalue weighted by Gasteiger charge is -2.19. The van der Waals surface area contributed by atoms with E-state index in [1.54, 1.807) is 42.5 Å². The van der Waals surface area contributed by atoms with E-state index in [9.17, 15) is 18.0 Å². The van der Waals surface area contributed by atoms with Gasteiger partial charge in [0, 0.05) is 20.4 Å². The Morgan fingerprint density at radius 3 is 2.03 bits per heavy atom. The van der Waals surface area contributed by atoms with Crippen LogP contribution in [0.4, 0.5) is 0 Å². The average molecular weight is 527 g/mol. The molecule has 0 unspecified atom stereocenters. The summed E-state index contributed by atoms with van der Waals surface area (Å²) in [6.45, 7) is 0. The Kier molecular flexibility index (Phi) is 7.95. The second-order valence-corrected chi connectivity index (χ2v) is 11.7. The van der Waals surface area contributed by atoms with E-state index in [4.69, 9.17) is 11.6 Å². The number of thioether (sulfide) groups is 1. The van der Waals surface area contributed by atoms with Crippen molar-refractivity contribution >= 4 is 49.9 Å². The fraction of sp³-hybridized carbons (Fsp3) is 0.154. The van der Waals surface area contributed by atoms with Crippen molar-refractivity contribution in [2.45, 2.75) is 23.1 Å². The Morgan fingerprint density at radius 1 is 0.857 bits per heavy atom. The SMILES string of the molecule is O=C(N[C@H]1CCCS1(=O)=O)/C(NC(=O)c1ccccc1)=C(\Sc1ccc(Cl)cc1)c1ccccc1. The highest BCUT2D eigenvalue weighted by molar-refractivity contribution is 8.08. The molecule has 3 aromatic carbocycles. The van der Waals surface area contributed by atoms with Gasteiger partial charge in [-0.15, -0.1) is 0 Å². The Hall–Kier alpha value is -3.07. The largest absolute Gasteiger partial charge is 0.334 e. The van der Waals surface area contributed by atoms with Crippen LogP contribution in [-0.4, -0.2) is 31.4 Å². The van der Waals surface area contributed by atoms with E-state index in [1.807, 2.05) is 42.5 Å². The lowest BCUT2D eigenvalue weighted by atomic mass is 10.1. The minimum absolute atomic E-state index is 0.0212. The summed E-state index contributed by atoms with van der Waals surface area (Å²) in [5, 5.41) is 4.97. The molecule has 0 saturated carbocycles. The molecule has 1 aliphatic heterocycles. The number of nitrogens with one attached hydrogen (secondary N) is 2. The van der Waals surface area contributed by atoms with Gasteiger partial charge in [0.15, 0.2) is 9.84 Å². The van der Waals surface area contributed by atoms with Gasteiger partial charge in [0.1, 0.15) is 11.1 Å². The van der Waals surface area contributed by atoms with Gasteiger partial charge in [0.05, 0.1) is 5.75 Å². The van der Waals surface area contributed by atoms with Crippen molar-refractivity contribution in [1.82, 2.24) is 10.6 Å². The standard InChI is InChI=1S/C26H23ClN2O4S2/c27-20-13-15-21(16-14-20)34-24(18-8-3-1-4-9-18)23(29-25(30)19-10-5-2-6-11-19)26(31)28-22-12-7-17-35(22,32)33/h1-6,8-11,13-16,22H,7,12,17H2,(H,28,31)(H,29,30)/b24-23+/t22-/m1/s1. The van der Waals surface area contributed by atoms with Crippen molar-refractivity contribution in [3.8, 4) is 0 Å². The summed E-state index contributed by atoms with van der Waals surface area (Å²) in [4.78, 5) is 27.9. The summed E-state index contributed by atoms with van der Waals surface area (Å²) in [5.74, 6) is -1.11. The van der Waals surface area contributed by atoms with Crippen LogP contribution in [0.1, 0.15) is 28.8 Å². The van der Waals surface area contributed by atoms with E-state index in [0.717, 1.165) is 4.90 Å². The van der Waals surface area contributed by atoms with E-state index >= 15 is 0 Å². The second-order valence-electron chi connectivity index (χ2n) is 7.92. The predicted octanol–water partition coefficient (Wildman–Crippen LogP) is 4.88. The summed E-state index contributed by atoms with van der Waals surface area (Å²) < 4.78 is 24.8. The first-order valence-corrected chi connectivity index (χ1v) is 13.9. The van der Waals surface area contributed by atoms with E-state index in [-0.39, 0.29) is 11.4 Å². The van der Waals surface area contributed by atoms with E-state index in [1.165, 1.54) is 11.8 Å². The van der Waals surface area contributed by atoms with Crippen LogP contribution >= 0.6 is 23.4 Å². The number of carbonyl (C=O) groups excluding carboxylic acids is 2. The number of benzene rings is 3. The van der Waals surface area contributed by atoms with Gasteiger partial charge in [-0.1, -0.05) is 71.9 Å². The molecule has 3 aromatic rings. The zero-order chi connectivity index (χ0) is 24.8. The fourth-order valence-electron chi connectivity index (χ4n) is 3.63. The smallest absolute Gasteiger partial charge is 0.270 e. The van der Waals surface area contributed by atoms with E-state index < -0.39 is 27.0 Å². The van der Waals surface area contributed by atoms with Crippen LogP contribution in [0.25, 0.3) is 4.91 Å². The Bertz CT molecular complexity index is 1340. The summed E-state index contributed by atoms with van der Waals surface area (Å²) in [5.41, 5.74) is 1.04. The highest BCUT2D eigenvalue weighted by Gasteiger charge is 2.34. The van der Waals surface area contributed by atoms with Crippen molar-refractivity contribution < 1.29 is 18.0 Å². The van der Waals surface area contributed by atoms with Gasteiger partial charge in [-0.3, -0.25) is 9.59 Å². The molecule has 180 valence electrons. The van der Waals surface area contributed by atoms with Crippen LogP contribution in [0.3, 0.4) is 0 Å². The fourth-order valence-corrected chi connectivity index (χ4v) is 6.43. The van der Waals surface area contributed by atoms with Gasteiger partial charge in [0.25, 0.3) is 11.8 Å². The number of sulfone groups is 1. The third-order valence-corrected chi connectivity index (χ3v) is 8.90. The highest BCUT2D eigenvalue weighted by Crippen LogP contribution is 2.37. The van der Waals surface area contributed by atoms with Crippen molar-refractivity contribution in [3.63, 3.8) is 0 Å². The van der Waals surface area contributed by atoms with Gasteiger partial charge >= 0.3 is 0 Å². The molecule has 0 aromatic heterocycles. The molecule has 9 heteroatoms. The summed E-state index contributed by atoms with van der Waals surface area (Å²) in [6, 6.07) is 24.8. The maximum absolute atomic E-state index is 13.5. The van der Waals surface area contributed by atoms with Crippen LogP contribution in [0.15, 0.2) is 95.5 Å². The Morgan fingerprint density at radius 2 is 1.46 bits per heavy atom. The summed E-state index contributed by atoms with van der Waals surface area (Å²) >= 11 is 7.32. The molecule has 1 fully saturated rings. The average Bonchev–Trinajstić information content (AvgIpc) is 3.20. The van der Waals surface area contributed by atoms with Gasteiger partial charge in [-0.25, -0.2) is 8.42 Å². The van der Waals surface area contributed by atoms with Gasteiger partial charge in [0.2, 0.25) is 0 Å². The molecular weight excluding hydrogens is 504 g/mol. The van der Waals surface area contributed by atoms with Crippen LogP contribution in [0.2, 0.25) is 5.02 Å². The predicted molar refractivity (Wildman–Crippen MR) is 140 cm³/mol. The quantitative estimate of drug-likeness (QED) is 0.338. The zero-order valence-electron chi connectivity index (χ0n) is 18.6. The van der Waals surface area contributed by atoms with E-state index in [0.29, 0.717) is 33.9 Å². The molecule has 6 nitrogen and oxygen atoms in total. The number of hydrogen-bond acceptors (Lipinski definition) is 5. The molecule has 2 amide bonds. The monoisotopic (exact) mass is 526 g/mol. The topological polar surface area (TPSA) is 92.3 Å². The van der Waals surface area contributed by atoms with Gasteiger partial charge in [-0.2, -0.15) is 0 Å². The molecule has 4 rings (SSSR count). The van der Waals surface area contributed by atoms with Crippen molar-refractivity contribution in [1.29, 1.82) is 0 Å². The first-order valence-electron chi connectivity index (χ1n) is 11.0. The molecule has 35 heavy (non-hydrogen) atoms. The molecule has 0 spiro atoms. The minimum Gasteiger partial charge on any atom is -0.334 e. The lowest BCUT2D eigenvalue weighted by Crippen LogP contribution is -2.42. The van der Waals surface area contributed by atoms with Gasteiger partial charge in [-0.05, 0) is 54.8 Å². The Labute approximate surface area is 213 Å². The minimum atomic E-state index is -3.44. The normalized spacial score (nSPS) is 17.3. The Balaban J connectivity index is 1.79. The molecule has 1 atom stereocenters. The molecule has 1 saturated heterocycles. The van der Waals surface area contributed by atoms with Crippen molar-refractivity contribution in [3.05, 3.63) is 107 Å². The second kappa shape index (κ2) is 11.1. The van der Waals surface area contributed by atoms with Crippen LogP contribution in [0, 0.1) is 0 Å². The first kappa shape index (κ1) is 25.0. The third kappa shape index (κ3) is 6.33. The van der Waals surface area contributed by atoms with Crippen molar-refractivity contribution in [2.24, 2.45) is 0 Å². The highest BCUT2D eigenvalue weighted by atomic mass is 35.5. The summed E-state index contributed by atoms with van der Waals surface area (Å²) in [7, 11) is -3.44. The van der Waals surface area contributed by atoms with Crippen LogP contribution in [-0.2, 0) is 14.6 Å². The molecular formula is C26H23ClN2O4S2.